The SMILES string of the molecule is Cc1cnn(CCS(=O)(=O)c2cccc(C#N)c2)c(=O)c1. The van der Waals surface area contributed by atoms with Crippen molar-refractivity contribution in [1.82, 2.24) is 9.78 Å². The number of nitrogens with zero attached hydrogens (tertiary/aromatic N) is 3. The number of sulfone groups is 1. The number of benzene rings is 1. The number of hydrogen-bond donors (Lipinski definition) is 0. The smallest absolute Gasteiger partial charge is 0.267 e. The summed E-state index contributed by atoms with van der Waals surface area (Å²) in [5.41, 5.74) is 0.665. The van der Waals surface area contributed by atoms with E-state index in [1.165, 1.54) is 36.5 Å². The molecule has 1 aromatic heterocycles. The Labute approximate surface area is 122 Å². The van der Waals surface area contributed by atoms with Crippen LogP contribution >= 0.6 is 0 Å². The van der Waals surface area contributed by atoms with Crippen molar-refractivity contribution >= 4 is 9.84 Å². The van der Waals surface area contributed by atoms with Gasteiger partial charge in [-0.2, -0.15) is 10.4 Å². The van der Waals surface area contributed by atoms with Crippen molar-refractivity contribution < 1.29 is 8.42 Å². The van der Waals surface area contributed by atoms with E-state index in [-0.39, 0.29) is 28.3 Å². The van der Waals surface area contributed by atoms with Crippen LogP contribution in [0.1, 0.15) is 11.1 Å². The summed E-state index contributed by atoms with van der Waals surface area (Å²) in [5, 5.41) is 12.7. The molecular weight excluding hydrogens is 290 g/mol. The summed E-state index contributed by atoms with van der Waals surface area (Å²) in [6.45, 7) is 1.71. The Balaban J connectivity index is 2.22. The predicted molar refractivity (Wildman–Crippen MR) is 76.4 cm³/mol. The standard InChI is InChI=1S/C14H13N3O3S/c1-11-7-14(18)17(16-10-11)5-6-21(19,20)13-4-2-3-12(8-13)9-15/h2-4,7-8,10H,5-6H2,1H3. The number of aryl methyl sites for hydroxylation is 2. The minimum Gasteiger partial charge on any atom is -0.268 e. The normalized spacial score (nSPS) is 11.0. The largest absolute Gasteiger partial charge is 0.268 e. The molecule has 2 aromatic rings. The van der Waals surface area contributed by atoms with Gasteiger partial charge in [0.25, 0.3) is 5.56 Å². The van der Waals surface area contributed by atoms with Crippen LogP contribution < -0.4 is 5.56 Å². The van der Waals surface area contributed by atoms with Crippen molar-refractivity contribution in [3.63, 3.8) is 0 Å². The van der Waals surface area contributed by atoms with E-state index in [1.54, 1.807) is 6.92 Å². The maximum absolute atomic E-state index is 12.2. The summed E-state index contributed by atoms with van der Waals surface area (Å²) in [7, 11) is -3.57. The summed E-state index contributed by atoms with van der Waals surface area (Å²) in [6.07, 6.45) is 1.50. The molecule has 2 rings (SSSR count). The van der Waals surface area contributed by atoms with Gasteiger partial charge in [0.05, 0.1) is 35.0 Å². The van der Waals surface area contributed by atoms with Crippen LogP contribution in [0.4, 0.5) is 0 Å². The van der Waals surface area contributed by atoms with Gasteiger partial charge in [-0.3, -0.25) is 4.79 Å². The number of nitriles is 1. The fourth-order valence-electron chi connectivity index (χ4n) is 1.78. The molecular formula is C14H13N3O3S. The van der Waals surface area contributed by atoms with Crippen LogP contribution in [0.2, 0.25) is 0 Å². The zero-order chi connectivity index (χ0) is 15.5. The quantitative estimate of drug-likeness (QED) is 0.836. The van der Waals surface area contributed by atoms with E-state index in [9.17, 15) is 13.2 Å². The van der Waals surface area contributed by atoms with Crippen molar-refractivity contribution in [1.29, 1.82) is 5.26 Å². The van der Waals surface area contributed by atoms with Crippen molar-refractivity contribution in [2.75, 3.05) is 5.75 Å². The average molecular weight is 303 g/mol. The lowest BCUT2D eigenvalue weighted by Gasteiger charge is -2.06. The molecule has 0 aliphatic carbocycles. The van der Waals surface area contributed by atoms with Crippen molar-refractivity contribution in [2.45, 2.75) is 18.4 Å². The first-order valence-corrected chi connectivity index (χ1v) is 7.84. The lowest BCUT2D eigenvalue weighted by molar-refractivity contribution is 0.570. The Morgan fingerprint density at radius 1 is 1.33 bits per heavy atom. The average Bonchev–Trinajstić information content (AvgIpc) is 2.46. The fourth-order valence-corrected chi connectivity index (χ4v) is 3.02. The minimum atomic E-state index is -3.57. The molecule has 7 heteroatoms. The Morgan fingerprint density at radius 3 is 2.76 bits per heavy atom. The van der Waals surface area contributed by atoms with Crippen molar-refractivity contribution in [3.05, 3.63) is 58.0 Å². The number of hydrogen-bond acceptors (Lipinski definition) is 5. The Hall–Kier alpha value is -2.46. The first-order valence-electron chi connectivity index (χ1n) is 6.19. The van der Waals surface area contributed by atoms with Crippen molar-refractivity contribution in [3.8, 4) is 6.07 Å². The van der Waals surface area contributed by atoms with Gasteiger partial charge in [-0.05, 0) is 30.7 Å². The maximum Gasteiger partial charge on any atom is 0.267 e. The summed E-state index contributed by atoms with van der Waals surface area (Å²) < 4.78 is 25.5. The second kappa shape index (κ2) is 5.89. The molecule has 0 saturated carbocycles. The third kappa shape index (κ3) is 3.55. The molecule has 0 aliphatic heterocycles. The van der Waals surface area contributed by atoms with Crippen LogP contribution in [0.3, 0.4) is 0 Å². The highest BCUT2D eigenvalue weighted by molar-refractivity contribution is 7.91. The molecule has 0 saturated heterocycles. The van der Waals surface area contributed by atoms with Gasteiger partial charge in [0.15, 0.2) is 9.84 Å². The minimum absolute atomic E-state index is 0.0295. The zero-order valence-electron chi connectivity index (χ0n) is 11.4. The van der Waals surface area contributed by atoms with Crippen LogP contribution in [0.15, 0.2) is 46.2 Å². The lowest BCUT2D eigenvalue weighted by Crippen LogP contribution is -2.26. The molecule has 0 atom stereocenters. The van der Waals surface area contributed by atoms with Crippen LogP contribution in [-0.2, 0) is 16.4 Å². The molecule has 0 spiro atoms. The molecule has 0 bridgehead atoms. The highest BCUT2D eigenvalue weighted by atomic mass is 32.2. The van der Waals surface area contributed by atoms with Crippen LogP contribution in [-0.4, -0.2) is 24.0 Å². The lowest BCUT2D eigenvalue weighted by atomic mass is 10.2. The molecule has 1 heterocycles. The molecule has 21 heavy (non-hydrogen) atoms. The van der Waals surface area contributed by atoms with Gasteiger partial charge >= 0.3 is 0 Å². The molecule has 0 amide bonds. The van der Waals surface area contributed by atoms with Gasteiger partial charge in [0.1, 0.15) is 0 Å². The Kier molecular flexibility index (Phi) is 4.19. The van der Waals surface area contributed by atoms with Crippen LogP contribution in [0.5, 0.6) is 0 Å². The molecule has 0 fully saturated rings. The van der Waals surface area contributed by atoms with Gasteiger partial charge in [0, 0.05) is 6.07 Å². The predicted octanol–water partition coefficient (Wildman–Crippen LogP) is 0.897. The third-order valence-electron chi connectivity index (χ3n) is 2.90. The highest BCUT2D eigenvalue weighted by Crippen LogP contribution is 2.13. The highest BCUT2D eigenvalue weighted by Gasteiger charge is 2.15. The molecule has 6 nitrogen and oxygen atoms in total. The topological polar surface area (TPSA) is 92.8 Å². The molecule has 0 unspecified atom stereocenters. The van der Waals surface area contributed by atoms with Gasteiger partial charge in [-0.1, -0.05) is 6.07 Å². The molecule has 0 radical (unpaired) electrons. The van der Waals surface area contributed by atoms with Crippen molar-refractivity contribution in [2.24, 2.45) is 0 Å². The summed E-state index contributed by atoms with van der Waals surface area (Å²) >= 11 is 0. The first kappa shape index (κ1) is 14.9. The monoisotopic (exact) mass is 303 g/mol. The Morgan fingerprint density at radius 2 is 2.10 bits per heavy atom. The number of aromatic nitrogens is 2. The van der Waals surface area contributed by atoms with Crippen LogP contribution in [0, 0.1) is 18.3 Å². The van der Waals surface area contributed by atoms with E-state index in [1.807, 2.05) is 6.07 Å². The van der Waals surface area contributed by atoms with E-state index in [4.69, 9.17) is 5.26 Å². The van der Waals surface area contributed by atoms with Crippen LogP contribution in [0.25, 0.3) is 0 Å². The fraction of sp³-hybridized carbons (Fsp3) is 0.214. The molecule has 0 aliphatic rings. The second-order valence-corrected chi connectivity index (χ2v) is 6.66. The first-order chi connectivity index (χ1) is 9.92. The van der Waals surface area contributed by atoms with Gasteiger partial charge in [-0.25, -0.2) is 13.1 Å². The van der Waals surface area contributed by atoms with E-state index in [0.717, 1.165) is 10.2 Å². The second-order valence-electron chi connectivity index (χ2n) is 4.55. The summed E-state index contributed by atoms with van der Waals surface area (Å²) in [4.78, 5) is 11.7. The third-order valence-corrected chi connectivity index (χ3v) is 4.59. The van der Waals surface area contributed by atoms with E-state index >= 15 is 0 Å². The van der Waals surface area contributed by atoms with Gasteiger partial charge in [0.2, 0.25) is 0 Å². The number of rotatable bonds is 4. The van der Waals surface area contributed by atoms with Gasteiger partial charge in [-0.15, -0.1) is 0 Å². The Bertz CT molecular complexity index is 864. The van der Waals surface area contributed by atoms with E-state index in [0.29, 0.717) is 0 Å². The molecule has 1 aromatic carbocycles. The zero-order valence-corrected chi connectivity index (χ0v) is 12.2. The van der Waals surface area contributed by atoms with E-state index < -0.39 is 9.84 Å². The molecule has 0 N–H and O–H groups in total. The summed E-state index contributed by atoms with van der Waals surface area (Å²) in [5.74, 6) is -0.252. The van der Waals surface area contributed by atoms with E-state index in [2.05, 4.69) is 5.10 Å². The molecule has 108 valence electrons. The maximum atomic E-state index is 12.2. The summed E-state index contributed by atoms with van der Waals surface area (Å²) in [6, 6.07) is 9.10. The van der Waals surface area contributed by atoms with Gasteiger partial charge < -0.3 is 0 Å².